The molecule has 1 rings (SSSR count). The molecule has 0 atom stereocenters. The normalized spacial score (nSPS) is 11.7. The van der Waals surface area contributed by atoms with E-state index in [1.165, 1.54) is 32.1 Å². The largest absolute Gasteiger partial charge is 0.381 e. The maximum absolute atomic E-state index is 11.9. The number of unbranched alkanes of at least 4 members (excludes halogenated alkanes) is 5. The molecule has 0 bridgehead atoms. The van der Waals surface area contributed by atoms with Crippen molar-refractivity contribution in [2.24, 2.45) is 0 Å². The lowest BCUT2D eigenvalue weighted by molar-refractivity contribution is 0.116. The van der Waals surface area contributed by atoms with Crippen molar-refractivity contribution in [1.82, 2.24) is 0 Å². The zero-order valence-electron chi connectivity index (χ0n) is 14.4. The van der Waals surface area contributed by atoms with E-state index in [-0.39, 0.29) is 11.5 Å². The maximum Gasteiger partial charge on any atom is 0.296 e. The van der Waals surface area contributed by atoms with Crippen molar-refractivity contribution in [3.8, 4) is 0 Å². The molecule has 1 aromatic carbocycles. The standard InChI is InChI=1S/C18H30O4S/c1-3-4-5-6-7-8-14-21-15-9-16-22-23(19,20)18-12-10-17(2)11-13-18/h10-13H,3-9,14-16H2,1-2H3. The highest BCUT2D eigenvalue weighted by Crippen LogP contribution is 2.13. The third-order valence-electron chi connectivity index (χ3n) is 3.62. The first-order valence-electron chi connectivity index (χ1n) is 8.60. The molecule has 0 fully saturated rings. The molecule has 0 radical (unpaired) electrons. The second kappa shape index (κ2) is 11.6. The summed E-state index contributed by atoms with van der Waals surface area (Å²) in [5, 5.41) is 0. The van der Waals surface area contributed by atoms with Crippen molar-refractivity contribution in [2.45, 2.75) is 63.7 Å². The van der Waals surface area contributed by atoms with Crippen LogP contribution in [0.25, 0.3) is 0 Å². The van der Waals surface area contributed by atoms with Gasteiger partial charge >= 0.3 is 0 Å². The Balaban J connectivity index is 2.05. The van der Waals surface area contributed by atoms with Crippen molar-refractivity contribution in [1.29, 1.82) is 0 Å². The summed E-state index contributed by atoms with van der Waals surface area (Å²) in [6.07, 6.45) is 8.03. The first-order valence-corrected chi connectivity index (χ1v) is 10.0. The fourth-order valence-electron chi connectivity index (χ4n) is 2.19. The third-order valence-corrected chi connectivity index (χ3v) is 4.95. The SMILES string of the molecule is CCCCCCCCOCCCOS(=O)(=O)c1ccc(C)cc1. The van der Waals surface area contributed by atoms with Gasteiger partial charge in [-0.15, -0.1) is 0 Å². The average Bonchev–Trinajstić information content (AvgIpc) is 2.53. The topological polar surface area (TPSA) is 52.6 Å². The van der Waals surface area contributed by atoms with Crippen LogP contribution < -0.4 is 0 Å². The van der Waals surface area contributed by atoms with Crippen LogP contribution in [0.4, 0.5) is 0 Å². The Hall–Kier alpha value is -0.910. The van der Waals surface area contributed by atoms with Crippen LogP contribution in [0.1, 0.15) is 57.4 Å². The smallest absolute Gasteiger partial charge is 0.296 e. The van der Waals surface area contributed by atoms with Crippen molar-refractivity contribution in [2.75, 3.05) is 19.8 Å². The number of benzene rings is 1. The van der Waals surface area contributed by atoms with Gasteiger partial charge in [-0.05, 0) is 31.9 Å². The van der Waals surface area contributed by atoms with Gasteiger partial charge in [-0.2, -0.15) is 8.42 Å². The molecule has 0 aromatic heterocycles. The maximum atomic E-state index is 11.9. The first kappa shape index (κ1) is 20.1. The minimum absolute atomic E-state index is 0.159. The summed E-state index contributed by atoms with van der Waals surface area (Å²) in [5.41, 5.74) is 1.02. The molecule has 23 heavy (non-hydrogen) atoms. The Kier molecular flexibility index (Phi) is 10.2. The fraction of sp³-hybridized carbons (Fsp3) is 0.667. The molecule has 0 heterocycles. The lowest BCUT2D eigenvalue weighted by Crippen LogP contribution is -2.09. The highest BCUT2D eigenvalue weighted by atomic mass is 32.2. The molecule has 0 spiro atoms. The Labute approximate surface area is 141 Å². The molecule has 0 unspecified atom stereocenters. The highest BCUT2D eigenvalue weighted by molar-refractivity contribution is 7.86. The van der Waals surface area contributed by atoms with E-state index < -0.39 is 10.1 Å². The summed E-state index contributed by atoms with van der Waals surface area (Å²) in [4.78, 5) is 0.205. The lowest BCUT2D eigenvalue weighted by atomic mass is 10.1. The minimum atomic E-state index is -3.64. The Bertz CT molecular complexity index is 508. The van der Waals surface area contributed by atoms with Gasteiger partial charge in [-0.25, -0.2) is 0 Å². The number of aryl methyl sites for hydroxylation is 1. The molecule has 0 N–H and O–H groups in total. The predicted molar refractivity (Wildman–Crippen MR) is 93.1 cm³/mol. The molecule has 0 aliphatic rings. The van der Waals surface area contributed by atoms with Crippen LogP contribution in [-0.2, 0) is 19.0 Å². The predicted octanol–water partition coefficient (Wildman–Crippen LogP) is 4.47. The number of hydrogen-bond acceptors (Lipinski definition) is 4. The fourth-order valence-corrected chi connectivity index (χ4v) is 3.13. The molecule has 0 saturated heterocycles. The summed E-state index contributed by atoms with van der Waals surface area (Å²) in [5.74, 6) is 0. The van der Waals surface area contributed by atoms with Gasteiger partial charge in [0.15, 0.2) is 0 Å². The zero-order valence-corrected chi connectivity index (χ0v) is 15.2. The van der Waals surface area contributed by atoms with Crippen LogP contribution in [0.2, 0.25) is 0 Å². The van der Waals surface area contributed by atoms with E-state index >= 15 is 0 Å². The van der Waals surface area contributed by atoms with Crippen LogP contribution in [-0.4, -0.2) is 28.2 Å². The number of hydrogen-bond donors (Lipinski definition) is 0. The van der Waals surface area contributed by atoms with Gasteiger partial charge in [0.25, 0.3) is 10.1 Å². The monoisotopic (exact) mass is 342 g/mol. The van der Waals surface area contributed by atoms with Crippen LogP contribution in [0.5, 0.6) is 0 Å². The minimum Gasteiger partial charge on any atom is -0.381 e. The molecule has 0 saturated carbocycles. The van der Waals surface area contributed by atoms with Gasteiger partial charge in [0.05, 0.1) is 11.5 Å². The van der Waals surface area contributed by atoms with Gasteiger partial charge in [-0.1, -0.05) is 56.7 Å². The Morgan fingerprint density at radius 1 is 0.826 bits per heavy atom. The summed E-state index contributed by atoms with van der Waals surface area (Å²) in [6, 6.07) is 6.67. The molecule has 0 aliphatic carbocycles. The Morgan fingerprint density at radius 3 is 2.13 bits per heavy atom. The second-order valence-electron chi connectivity index (χ2n) is 5.82. The van der Waals surface area contributed by atoms with Crippen molar-refractivity contribution < 1.29 is 17.3 Å². The van der Waals surface area contributed by atoms with E-state index in [9.17, 15) is 8.42 Å². The molecule has 5 heteroatoms. The van der Waals surface area contributed by atoms with E-state index in [1.807, 2.05) is 6.92 Å². The van der Waals surface area contributed by atoms with E-state index in [0.717, 1.165) is 18.6 Å². The van der Waals surface area contributed by atoms with Crippen LogP contribution in [0.15, 0.2) is 29.2 Å². The van der Waals surface area contributed by atoms with Gasteiger partial charge in [-0.3, -0.25) is 4.18 Å². The molecule has 0 amide bonds. The van der Waals surface area contributed by atoms with E-state index in [4.69, 9.17) is 8.92 Å². The summed E-state index contributed by atoms with van der Waals surface area (Å²) >= 11 is 0. The van der Waals surface area contributed by atoms with Crippen LogP contribution >= 0.6 is 0 Å². The van der Waals surface area contributed by atoms with Gasteiger partial charge in [0.2, 0.25) is 0 Å². The second-order valence-corrected chi connectivity index (χ2v) is 7.44. The summed E-state index contributed by atoms with van der Waals surface area (Å²) in [7, 11) is -3.64. The van der Waals surface area contributed by atoms with Crippen molar-refractivity contribution in [3.05, 3.63) is 29.8 Å². The highest BCUT2D eigenvalue weighted by Gasteiger charge is 2.14. The molecular weight excluding hydrogens is 312 g/mol. The van der Waals surface area contributed by atoms with Gasteiger partial charge < -0.3 is 4.74 Å². The molecule has 0 aliphatic heterocycles. The van der Waals surface area contributed by atoms with Crippen molar-refractivity contribution >= 4 is 10.1 Å². The molecule has 4 nitrogen and oxygen atoms in total. The van der Waals surface area contributed by atoms with Crippen LogP contribution in [0, 0.1) is 6.92 Å². The molecule has 132 valence electrons. The summed E-state index contributed by atoms with van der Waals surface area (Å²) in [6.45, 7) is 5.57. The van der Waals surface area contributed by atoms with Gasteiger partial charge in [0.1, 0.15) is 0 Å². The number of ether oxygens (including phenoxy) is 1. The van der Waals surface area contributed by atoms with E-state index in [0.29, 0.717) is 13.0 Å². The lowest BCUT2D eigenvalue weighted by Gasteiger charge is -2.07. The van der Waals surface area contributed by atoms with E-state index in [2.05, 4.69) is 6.92 Å². The molecule has 1 aromatic rings. The van der Waals surface area contributed by atoms with Crippen molar-refractivity contribution in [3.63, 3.8) is 0 Å². The quantitative estimate of drug-likeness (QED) is 0.392. The molecular formula is C18H30O4S. The third kappa shape index (κ3) is 9.08. The van der Waals surface area contributed by atoms with Gasteiger partial charge in [0, 0.05) is 13.2 Å². The first-order chi connectivity index (χ1) is 11.1. The summed E-state index contributed by atoms with van der Waals surface area (Å²) < 4.78 is 34.4. The average molecular weight is 343 g/mol. The van der Waals surface area contributed by atoms with E-state index in [1.54, 1.807) is 24.3 Å². The van der Waals surface area contributed by atoms with Crippen LogP contribution in [0.3, 0.4) is 0 Å². The zero-order chi connectivity index (χ0) is 17.0. The Morgan fingerprint density at radius 2 is 1.43 bits per heavy atom. The number of rotatable bonds is 13.